The first-order chi connectivity index (χ1) is 17.5. The highest BCUT2D eigenvalue weighted by Gasteiger charge is 2.45. The summed E-state index contributed by atoms with van der Waals surface area (Å²) in [6.07, 6.45) is 1.02. The van der Waals surface area contributed by atoms with Crippen LogP contribution in [0, 0.1) is 5.92 Å². The van der Waals surface area contributed by atoms with Gasteiger partial charge in [0.25, 0.3) is 0 Å². The van der Waals surface area contributed by atoms with Crippen molar-refractivity contribution in [3.63, 3.8) is 0 Å². The van der Waals surface area contributed by atoms with Crippen LogP contribution in [-0.2, 0) is 14.3 Å². The average Bonchev–Trinajstić information content (AvgIpc) is 2.90. The fraction of sp³-hybridized carbons (Fsp3) is 0.414. The smallest absolute Gasteiger partial charge is 0.315 e. The second-order valence-corrected chi connectivity index (χ2v) is 10.4. The lowest BCUT2D eigenvalue weighted by atomic mass is 9.69. The third-order valence-corrected chi connectivity index (χ3v) is 7.73. The van der Waals surface area contributed by atoms with Gasteiger partial charge in [-0.05, 0) is 36.6 Å². The number of Topliss-reactive ketones (excluding diaryl/α,β-unsaturated/α-hetero) is 1. The zero-order chi connectivity index (χ0) is 25.7. The fourth-order valence-electron chi connectivity index (χ4n) is 5.17. The minimum absolute atomic E-state index is 0.0172. The Morgan fingerprint density at radius 2 is 1.86 bits per heavy atom. The number of allylic oxidation sites excluding steroid dienone is 2. The van der Waals surface area contributed by atoms with Crippen molar-refractivity contribution in [1.29, 1.82) is 0 Å². The van der Waals surface area contributed by atoms with E-state index in [4.69, 9.17) is 19.2 Å². The predicted octanol–water partition coefficient (Wildman–Crippen LogP) is 5.58. The predicted molar refractivity (Wildman–Crippen MR) is 143 cm³/mol. The molecule has 2 aromatic carbocycles. The van der Waals surface area contributed by atoms with Gasteiger partial charge in [0, 0.05) is 46.7 Å². The number of carbonyl (C=O) groups excluding carboxylic acids is 2. The van der Waals surface area contributed by atoms with E-state index in [1.54, 1.807) is 32.0 Å². The summed E-state index contributed by atoms with van der Waals surface area (Å²) in [6, 6.07) is 15.6. The Morgan fingerprint density at radius 3 is 2.56 bits per heavy atom. The van der Waals surface area contributed by atoms with Crippen molar-refractivity contribution in [2.24, 2.45) is 10.9 Å². The zero-order valence-corrected chi connectivity index (χ0v) is 22.1. The quantitative estimate of drug-likeness (QED) is 0.326. The molecular weight excluding hydrogens is 474 g/mol. The number of benzene rings is 2. The number of nitrogens with zero attached hydrogens (tertiary/aromatic N) is 1. The van der Waals surface area contributed by atoms with E-state index in [2.05, 4.69) is 19.1 Å². The molecule has 190 valence electrons. The van der Waals surface area contributed by atoms with Gasteiger partial charge in [-0.1, -0.05) is 43.3 Å². The van der Waals surface area contributed by atoms with Crippen LogP contribution in [0.2, 0.25) is 0 Å². The second kappa shape index (κ2) is 11.8. The second-order valence-electron chi connectivity index (χ2n) is 8.98. The summed E-state index contributed by atoms with van der Waals surface area (Å²) in [5, 5.41) is 0. The van der Waals surface area contributed by atoms with E-state index in [0.29, 0.717) is 42.2 Å². The highest BCUT2D eigenvalue weighted by atomic mass is 32.2. The maximum atomic E-state index is 13.7. The van der Waals surface area contributed by atoms with Gasteiger partial charge in [0.05, 0.1) is 14.2 Å². The summed E-state index contributed by atoms with van der Waals surface area (Å²) >= 11 is 1.72. The van der Waals surface area contributed by atoms with E-state index >= 15 is 0 Å². The summed E-state index contributed by atoms with van der Waals surface area (Å²) in [4.78, 5) is 32.0. The molecule has 2 aliphatic rings. The van der Waals surface area contributed by atoms with Gasteiger partial charge in [-0.15, -0.1) is 0 Å². The van der Waals surface area contributed by atoms with Crippen LogP contribution in [0.15, 0.2) is 64.8 Å². The maximum absolute atomic E-state index is 13.7. The number of esters is 1. The molecule has 1 aliphatic carbocycles. The van der Waals surface area contributed by atoms with Gasteiger partial charge in [0.2, 0.25) is 0 Å². The lowest BCUT2D eigenvalue weighted by Crippen LogP contribution is -2.38. The van der Waals surface area contributed by atoms with Crippen molar-refractivity contribution >= 4 is 29.2 Å². The molecule has 0 saturated carbocycles. The first kappa shape index (κ1) is 26.0. The van der Waals surface area contributed by atoms with E-state index in [1.165, 1.54) is 0 Å². The molecule has 0 radical (unpaired) electrons. The van der Waals surface area contributed by atoms with Crippen LogP contribution in [0.1, 0.15) is 49.7 Å². The molecule has 0 aromatic heterocycles. The van der Waals surface area contributed by atoms with Crippen molar-refractivity contribution in [1.82, 2.24) is 0 Å². The molecular formula is C29H33NO5S. The van der Waals surface area contributed by atoms with Crippen molar-refractivity contribution in [3.05, 3.63) is 70.9 Å². The molecule has 1 unspecified atom stereocenters. The third kappa shape index (κ3) is 5.36. The lowest BCUT2D eigenvalue weighted by molar-refractivity contribution is -0.145. The average molecular weight is 508 g/mol. The number of thioether (sulfide) groups is 1. The number of hydrogen-bond donors (Lipinski definition) is 0. The SMILES string of the molecule is CCSCCOC(=O)C1C(C)=NC2=C(C(=O)C[C@H](c3ccccc3)C2)[C@@H]1c1ccc(OC)cc1OC. The first-order valence-electron chi connectivity index (χ1n) is 12.3. The van der Waals surface area contributed by atoms with Crippen LogP contribution < -0.4 is 9.47 Å². The Balaban J connectivity index is 1.77. The molecule has 0 saturated heterocycles. The Labute approximate surface area is 217 Å². The molecule has 2 aromatic rings. The normalized spacial score (nSPS) is 21.5. The molecule has 0 N–H and O–H groups in total. The molecule has 7 heteroatoms. The molecule has 3 atom stereocenters. The summed E-state index contributed by atoms with van der Waals surface area (Å²) in [5.74, 6) is 1.38. The van der Waals surface area contributed by atoms with Crippen molar-refractivity contribution in [2.75, 3.05) is 32.3 Å². The number of aliphatic imine (C=N–C) groups is 1. The van der Waals surface area contributed by atoms with Gasteiger partial charge in [0.15, 0.2) is 5.78 Å². The molecule has 0 amide bonds. The molecule has 1 heterocycles. The van der Waals surface area contributed by atoms with Gasteiger partial charge in [-0.2, -0.15) is 11.8 Å². The van der Waals surface area contributed by atoms with Crippen LogP contribution in [0.4, 0.5) is 0 Å². The number of rotatable bonds is 9. The molecule has 6 nitrogen and oxygen atoms in total. The monoisotopic (exact) mass is 507 g/mol. The lowest BCUT2D eigenvalue weighted by Gasteiger charge is -2.37. The van der Waals surface area contributed by atoms with Gasteiger partial charge >= 0.3 is 5.97 Å². The number of ketones is 1. The standard InChI is InChI=1S/C29H33NO5S/c1-5-36-14-13-35-29(32)26-18(2)30-23-15-20(19-9-7-6-8-10-19)16-24(31)28(23)27(26)22-12-11-21(33-3)17-25(22)34-4/h6-12,17,20,26-27H,5,13-16H2,1-4H3/t20-,26?,27-/m1/s1. The van der Waals surface area contributed by atoms with Crippen LogP contribution in [0.25, 0.3) is 0 Å². The van der Waals surface area contributed by atoms with Gasteiger partial charge < -0.3 is 14.2 Å². The highest BCUT2D eigenvalue weighted by molar-refractivity contribution is 7.99. The highest BCUT2D eigenvalue weighted by Crippen LogP contribution is 2.49. The molecule has 0 spiro atoms. The largest absolute Gasteiger partial charge is 0.497 e. The van der Waals surface area contributed by atoms with Crippen LogP contribution in [0.3, 0.4) is 0 Å². The summed E-state index contributed by atoms with van der Waals surface area (Å²) in [5.41, 5.74) is 3.90. The van der Waals surface area contributed by atoms with Crippen molar-refractivity contribution < 1.29 is 23.8 Å². The van der Waals surface area contributed by atoms with Crippen LogP contribution in [0.5, 0.6) is 11.5 Å². The van der Waals surface area contributed by atoms with Gasteiger partial charge in [0.1, 0.15) is 24.0 Å². The third-order valence-electron chi connectivity index (χ3n) is 6.87. The van der Waals surface area contributed by atoms with E-state index < -0.39 is 11.8 Å². The van der Waals surface area contributed by atoms with E-state index in [0.717, 1.165) is 28.3 Å². The van der Waals surface area contributed by atoms with E-state index in [1.807, 2.05) is 37.3 Å². The zero-order valence-electron chi connectivity index (χ0n) is 21.3. The number of hydrogen-bond acceptors (Lipinski definition) is 7. The summed E-state index contributed by atoms with van der Waals surface area (Å²) in [7, 11) is 3.18. The molecule has 1 aliphatic heterocycles. The topological polar surface area (TPSA) is 74.2 Å². The molecule has 4 rings (SSSR count). The molecule has 0 fully saturated rings. The summed E-state index contributed by atoms with van der Waals surface area (Å²) in [6.45, 7) is 4.25. The Morgan fingerprint density at radius 1 is 1.08 bits per heavy atom. The Hall–Kier alpha value is -3.06. The van der Waals surface area contributed by atoms with E-state index in [-0.39, 0.29) is 17.7 Å². The summed E-state index contributed by atoms with van der Waals surface area (Å²) < 4.78 is 16.8. The Bertz CT molecular complexity index is 1170. The van der Waals surface area contributed by atoms with Crippen molar-refractivity contribution in [2.45, 2.75) is 38.5 Å². The minimum atomic E-state index is -0.699. The first-order valence-corrected chi connectivity index (χ1v) is 13.5. The van der Waals surface area contributed by atoms with Crippen molar-refractivity contribution in [3.8, 4) is 11.5 Å². The number of ether oxygens (including phenoxy) is 3. The molecule has 0 bridgehead atoms. The minimum Gasteiger partial charge on any atom is -0.497 e. The number of methoxy groups -OCH3 is 2. The fourth-order valence-corrected chi connectivity index (χ4v) is 5.66. The Kier molecular flexibility index (Phi) is 8.52. The van der Waals surface area contributed by atoms with E-state index in [9.17, 15) is 9.59 Å². The van der Waals surface area contributed by atoms with Crippen LogP contribution in [-0.4, -0.2) is 49.8 Å². The molecule has 36 heavy (non-hydrogen) atoms. The van der Waals surface area contributed by atoms with Gasteiger partial charge in [-0.3, -0.25) is 14.6 Å². The number of carbonyl (C=O) groups is 2. The van der Waals surface area contributed by atoms with Gasteiger partial charge in [-0.25, -0.2) is 0 Å². The van der Waals surface area contributed by atoms with Crippen LogP contribution >= 0.6 is 11.8 Å². The maximum Gasteiger partial charge on any atom is 0.315 e.